The van der Waals surface area contributed by atoms with Crippen LogP contribution in [0.4, 0.5) is 0 Å². The molecule has 1 aliphatic carbocycles. The van der Waals surface area contributed by atoms with E-state index in [0.29, 0.717) is 0 Å². The van der Waals surface area contributed by atoms with Gasteiger partial charge in [-0.3, -0.25) is 0 Å². The molecular weight excluding hydrogens is 174 g/mol. The average Bonchev–Trinajstić information content (AvgIpc) is 2.98. The maximum atomic E-state index is 4.21. The van der Waals surface area contributed by atoms with E-state index in [1.165, 1.54) is 18.4 Å². The zero-order valence-corrected chi connectivity index (χ0v) is 8.88. The van der Waals surface area contributed by atoms with E-state index in [-0.39, 0.29) is 0 Å². The molecule has 0 spiro atoms. The zero-order valence-electron chi connectivity index (χ0n) is 8.88. The lowest BCUT2D eigenvalue weighted by Gasteiger charge is -2.07. The van der Waals surface area contributed by atoms with Gasteiger partial charge in [-0.15, -0.1) is 0 Å². The fourth-order valence-corrected chi connectivity index (χ4v) is 1.56. The molecule has 1 fully saturated rings. The van der Waals surface area contributed by atoms with Crippen LogP contribution in [0, 0.1) is 6.92 Å². The Labute approximate surface area is 84.9 Å². The van der Waals surface area contributed by atoms with Crippen molar-refractivity contribution in [2.24, 2.45) is 0 Å². The molecular formula is C11H17N3. The first-order valence-corrected chi connectivity index (χ1v) is 5.35. The minimum Gasteiger partial charge on any atom is -0.310 e. The van der Waals surface area contributed by atoms with Crippen molar-refractivity contribution in [3.05, 3.63) is 23.0 Å². The second-order valence-electron chi connectivity index (χ2n) is 3.97. The van der Waals surface area contributed by atoms with E-state index in [0.717, 1.165) is 30.4 Å². The number of rotatable bonds is 4. The molecule has 1 saturated carbocycles. The summed E-state index contributed by atoms with van der Waals surface area (Å²) in [6.45, 7) is 5.07. The van der Waals surface area contributed by atoms with Crippen molar-refractivity contribution in [2.45, 2.75) is 45.7 Å². The molecule has 1 aromatic rings. The molecule has 0 amide bonds. The third-order valence-corrected chi connectivity index (χ3v) is 2.58. The van der Waals surface area contributed by atoms with E-state index in [9.17, 15) is 0 Å². The lowest BCUT2D eigenvalue weighted by molar-refractivity contribution is 0.673. The molecule has 1 N–H and O–H groups in total. The van der Waals surface area contributed by atoms with Gasteiger partial charge in [0.25, 0.3) is 0 Å². The topological polar surface area (TPSA) is 37.8 Å². The SMILES string of the molecule is CCc1nnc(C)cc1CNC1CC1. The first-order valence-electron chi connectivity index (χ1n) is 5.35. The van der Waals surface area contributed by atoms with Crippen molar-refractivity contribution in [1.82, 2.24) is 15.5 Å². The van der Waals surface area contributed by atoms with E-state index in [4.69, 9.17) is 0 Å². The summed E-state index contributed by atoms with van der Waals surface area (Å²) >= 11 is 0. The molecule has 0 saturated heterocycles. The highest BCUT2D eigenvalue weighted by Gasteiger charge is 2.20. The van der Waals surface area contributed by atoms with E-state index >= 15 is 0 Å². The van der Waals surface area contributed by atoms with Crippen LogP contribution in [-0.2, 0) is 13.0 Å². The smallest absolute Gasteiger partial charge is 0.0673 e. The normalized spacial score (nSPS) is 15.9. The number of aryl methyl sites for hydroxylation is 2. The molecule has 3 heteroatoms. The van der Waals surface area contributed by atoms with Gasteiger partial charge in [0.1, 0.15) is 0 Å². The predicted molar refractivity (Wildman–Crippen MR) is 56.0 cm³/mol. The summed E-state index contributed by atoms with van der Waals surface area (Å²) in [5, 5.41) is 11.8. The lowest BCUT2D eigenvalue weighted by Crippen LogP contribution is -2.17. The Morgan fingerprint density at radius 3 is 2.86 bits per heavy atom. The number of hydrogen-bond acceptors (Lipinski definition) is 3. The summed E-state index contributed by atoms with van der Waals surface area (Å²) in [5.41, 5.74) is 3.45. The highest BCUT2D eigenvalue weighted by molar-refractivity contribution is 5.21. The molecule has 0 aromatic carbocycles. The summed E-state index contributed by atoms with van der Waals surface area (Å²) < 4.78 is 0. The summed E-state index contributed by atoms with van der Waals surface area (Å²) in [5.74, 6) is 0. The predicted octanol–water partition coefficient (Wildman–Crippen LogP) is 1.60. The zero-order chi connectivity index (χ0) is 9.97. The van der Waals surface area contributed by atoms with Crippen LogP contribution in [0.2, 0.25) is 0 Å². The van der Waals surface area contributed by atoms with E-state index in [1.807, 2.05) is 6.92 Å². The Kier molecular flexibility index (Phi) is 2.77. The van der Waals surface area contributed by atoms with Crippen LogP contribution in [0.25, 0.3) is 0 Å². The van der Waals surface area contributed by atoms with Crippen LogP contribution < -0.4 is 5.32 Å². The van der Waals surface area contributed by atoms with Gasteiger partial charge in [-0.2, -0.15) is 10.2 Å². The van der Waals surface area contributed by atoms with Gasteiger partial charge in [0.15, 0.2) is 0 Å². The number of hydrogen-bond donors (Lipinski definition) is 1. The molecule has 1 heterocycles. The lowest BCUT2D eigenvalue weighted by atomic mass is 10.1. The molecule has 2 rings (SSSR count). The summed E-state index contributed by atoms with van der Waals surface area (Å²) in [6.07, 6.45) is 3.63. The van der Waals surface area contributed by atoms with Crippen LogP contribution in [0.15, 0.2) is 6.07 Å². The van der Waals surface area contributed by atoms with Crippen LogP contribution in [-0.4, -0.2) is 16.2 Å². The fourth-order valence-electron chi connectivity index (χ4n) is 1.56. The molecule has 0 aliphatic heterocycles. The van der Waals surface area contributed by atoms with Gasteiger partial charge in [0.05, 0.1) is 11.4 Å². The third-order valence-electron chi connectivity index (χ3n) is 2.58. The van der Waals surface area contributed by atoms with Crippen LogP contribution in [0.3, 0.4) is 0 Å². The Balaban J connectivity index is 2.07. The average molecular weight is 191 g/mol. The summed E-state index contributed by atoms with van der Waals surface area (Å²) in [4.78, 5) is 0. The van der Waals surface area contributed by atoms with Crippen molar-refractivity contribution < 1.29 is 0 Å². The molecule has 0 bridgehead atoms. The molecule has 0 unspecified atom stereocenters. The molecule has 1 aliphatic rings. The monoisotopic (exact) mass is 191 g/mol. The second-order valence-corrected chi connectivity index (χ2v) is 3.97. The van der Waals surface area contributed by atoms with Crippen molar-refractivity contribution >= 4 is 0 Å². The van der Waals surface area contributed by atoms with Crippen molar-refractivity contribution in [2.75, 3.05) is 0 Å². The van der Waals surface area contributed by atoms with E-state index in [1.54, 1.807) is 0 Å². The maximum absolute atomic E-state index is 4.21. The molecule has 0 atom stereocenters. The molecule has 3 nitrogen and oxygen atoms in total. The van der Waals surface area contributed by atoms with Gasteiger partial charge in [0.2, 0.25) is 0 Å². The second kappa shape index (κ2) is 4.05. The standard InChI is InChI=1S/C11H17N3/c1-3-11-9(6-8(2)13-14-11)7-12-10-4-5-10/h6,10,12H,3-5,7H2,1-2H3. The highest BCUT2D eigenvalue weighted by Crippen LogP contribution is 2.19. The maximum Gasteiger partial charge on any atom is 0.0673 e. The van der Waals surface area contributed by atoms with Crippen LogP contribution in [0.5, 0.6) is 0 Å². The number of nitrogens with one attached hydrogen (secondary N) is 1. The number of nitrogens with zero attached hydrogens (tertiary/aromatic N) is 2. The van der Waals surface area contributed by atoms with Gasteiger partial charge < -0.3 is 5.32 Å². The Bertz CT molecular complexity index is 318. The number of aromatic nitrogens is 2. The minimum absolute atomic E-state index is 0.758. The van der Waals surface area contributed by atoms with Crippen molar-refractivity contribution in [1.29, 1.82) is 0 Å². The van der Waals surface area contributed by atoms with Gasteiger partial charge >= 0.3 is 0 Å². The fraction of sp³-hybridized carbons (Fsp3) is 0.636. The van der Waals surface area contributed by atoms with Gasteiger partial charge in [0, 0.05) is 12.6 Å². The third kappa shape index (κ3) is 2.29. The molecule has 1 aromatic heterocycles. The summed E-state index contributed by atoms with van der Waals surface area (Å²) in [7, 11) is 0. The van der Waals surface area contributed by atoms with Crippen LogP contribution in [0.1, 0.15) is 36.7 Å². The highest BCUT2D eigenvalue weighted by atomic mass is 15.1. The van der Waals surface area contributed by atoms with Gasteiger partial charge in [-0.05, 0) is 37.8 Å². The minimum atomic E-state index is 0.758. The quantitative estimate of drug-likeness (QED) is 0.785. The van der Waals surface area contributed by atoms with Crippen molar-refractivity contribution in [3.63, 3.8) is 0 Å². The molecule has 0 radical (unpaired) electrons. The Hall–Kier alpha value is -0.960. The van der Waals surface area contributed by atoms with E-state index < -0.39 is 0 Å². The first kappa shape index (κ1) is 9.59. The van der Waals surface area contributed by atoms with Crippen LogP contribution >= 0.6 is 0 Å². The summed E-state index contributed by atoms with van der Waals surface area (Å²) in [6, 6.07) is 2.90. The first-order chi connectivity index (χ1) is 6.79. The molecule has 14 heavy (non-hydrogen) atoms. The van der Waals surface area contributed by atoms with Gasteiger partial charge in [-0.25, -0.2) is 0 Å². The molecule has 76 valence electrons. The van der Waals surface area contributed by atoms with Crippen molar-refractivity contribution in [3.8, 4) is 0 Å². The largest absolute Gasteiger partial charge is 0.310 e. The Morgan fingerprint density at radius 1 is 1.43 bits per heavy atom. The van der Waals surface area contributed by atoms with Gasteiger partial charge in [-0.1, -0.05) is 6.92 Å². The Morgan fingerprint density at radius 2 is 2.21 bits per heavy atom. The van der Waals surface area contributed by atoms with E-state index in [2.05, 4.69) is 28.5 Å².